The minimum atomic E-state index is 0.632. The largest absolute Gasteiger partial charge is 0.494 e. The molecule has 116 valence electrons. The zero-order chi connectivity index (χ0) is 15.9. The van der Waals surface area contributed by atoms with Crippen LogP contribution in [0.15, 0.2) is 18.2 Å². The van der Waals surface area contributed by atoms with Gasteiger partial charge < -0.3 is 23.9 Å². The van der Waals surface area contributed by atoms with E-state index < -0.39 is 0 Å². The minimum Gasteiger partial charge on any atom is -0.494 e. The summed E-state index contributed by atoms with van der Waals surface area (Å²) in [5, 5.41) is 1.93. The molecule has 22 heavy (non-hydrogen) atoms. The highest BCUT2D eigenvalue weighted by atomic mass is 16.5. The summed E-state index contributed by atoms with van der Waals surface area (Å²) in [5.41, 5.74) is 2.84. The standard InChI is InChI=1S/C17H19NO4/c1-9-6-7-10-13-15(18-14(10)16(9)21-4)11(19-2)8-12(20-3)17(13)22-5/h6-8,18H,1-5H3. The van der Waals surface area contributed by atoms with Crippen LogP contribution in [-0.4, -0.2) is 33.4 Å². The maximum atomic E-state index is 5.58. The second-order valence-electron chi connectivity index (χ2n) is 5.03. The van der Waals surface area contributed by atoms with Gasteiger partial charge in [0.15, 0.2) is 11.5 Å². The zero-order valence-corrected chi connectivity index (χ0v) is 13.4. The summed E-state index contributed by atoms with van der Waals surface area (Å²) in [6.07, 6.45) is 0. The van der Waals surface area contributed by atoms with Crippen molar-refractivity contribution in [3.63, 3.8) is 0 Å². The molecule has 2 aromatic carbocycles. The molecule has 0 aliphatic rings. The van der Waals surface area contributed by atoms with Crippen molar-refractivity contribution in [1.82, 2.24) is 4.98 Å². The van der Waals surface area contributed by atoms with Crippen LogP contribution in [0.5, 0.6) is 23.0 Å². The lowest BCUT2D eigenvalue weighted by Gasteiger charge is -2.11. The second kappa shape index (κ2) is 5.33. The molecule has 3 aromatic rings. The van der Waals surface area contributed by atoms with Gasteiger partial charge in [0.05, 0.1) is 44.9 Å². The summed E-state index contributed by atoms with van der Waals surface area (Å²) in [7, 11) is 6.55. The molecule has 5 nitrogen and oxygen atoms in total. The molecule has 0 aliphatic carbocycles. The smallest absolute Gasteiger partial charge is 0.170 e. The summed E-state index contributed by atoms with van der Waals surface area (Å²) in [5.74, 6) is 2.82. The van der Waals surface area contributed by atoms with E-state index in [-0.39, 0.29) is 0 Å². The highest BCUT2D eigenvalue weighted by molar-refractivity contribution is 6.15. The molecule has 0 amide bonds. The van der Waals surface area contributed by atoms with Gasteiger partial charge in [0.25, 0.3) is 0 Å². The van der Waals surface area contributed by atoms with Gasteiger partial charge in [0.1, 0.15) is 11.5 Å². The fourth-order valence-corrected chi connectivity index (χ4v) is 2.92. The van der Waals surface area contributed by atoms with Crippen molar-refractivity contribution < 1.29 is 18.9 Å². The van der Waals surface area contributed by atoms with Gasteiger partial charge in [-0.15, -0.1) is 0 Å². The summed E-state index contributed by atoms with van der Waals surface area (Å²) in [4.78, 5) is 3.40. The van der Waals surface area contributed by atoms with Crippen molar-refractivity contribution in [3.05, 3.63) is 23.8 Å². The first-order chi connectivity index (χ1) is 10.7. The fourth-order valence-electron chi connectivity index (χ4n) is 2.92. The number of benzene rings is 2. The Kier molecular flexibility index (Phi) is 3.48. The average molecular weight is 301 g/mol. The molecule has 1 aromatic heterocycles. The highest BCUT2D eigenvalue weighted by Gasteiger charge is 2.21. The first-order valence-electron chi connectivity index (χ1n) is 6.94. The average Bonchev–Trinajstić information content (AvgIpc) is 2.92. The van der Waals surface area contributed by atoms with Crippen LogP contribution < -0.4 is 18.9 Å². The van der Waals surface area contributed by atoms with Crippen LogP contribution in [-0.2, 0) is 0 Å². The molecule has 0 saturated carbocycles. The quantitative estimate of drug-likeness (QED) is 0.799. The Labute approximate surface area is 128 Å². The van der Waals surface area contributed by atoms with Crippen molar-refractivity contribution in [2.75, 3.05) is 28.4 Å². The number of aromatic amines is 1. The Balaban J connectivity index is 2.55. The van der Waals surface area contributed by atoms with Crippen LogP contribution in [0, 0.1) is 6.92 Å². The van der Waals surface area contributed by atoms with Crippen molar-refractivity contribution in [2.24, 2.45) is 0 Å². The summed E-state index contributed by atoms with van der Waals surface area (Å²) >= 11 is 0. The van der Waals surface area contributed by atoms with E-state index in [2.05, 4.69) is 4.98 Å². The Morgan fingerprint density at radius 1 is 0.773 bits per heavy atom. The Bertz CT molecular complexity index is 851. The number of H-pyrrole nitrogens is 1. The van der Waals surface area contributed by atoms with Gasteiger partial charge in [-0.3, -0.25) is 0 Å². The van der Waals surface area contributed by atoms with E-state index in [0.717, 1.165) is 33.1 Å². The molecular weight excluding hydrogens is 282 g/mol. The Hall–Kier alpha value is -2.56. The van der Waals surface area contributed by atoms with E-state index in [1.165, 1.54) is 0 Å². The molecule has 0 fully saturated rings. The molecule has 3 rings (SSSR count). The summed E-state index contributed by atoms with van der Waals surface area (Å²) < 4.78 is 22.1. The maximum Gasteiger partial charge on any atom is 0.170 e. The molecule has 0 saturated heterocycles. The second-order valence-corrected chi connectivity index (χ2v) is 5.03. The normalized spacial score (nSPS) is 11.0. The van der Waals surface area contributed by atoms with Crippen molar-refractivity contribution >= 4 is 21.8 Å². The fraction of sp³-hybridized carbons (Fsp3) is 0.294. The van der Waals surface area contributed by atoms with E-state index in [1.807, 2.05) is 25.1 Å². The molecule has 5 heteroatoms. The molecule has 0 bridgehead atoms. The first kappa shape index (κ1) is 14.4. The minimum absolute atomic E-state index is 0.632. The number of hydrogen-bond acceptors (Lipinski definition) is 4. The SMILES string of the molecule is COc1cc(OC)c2[nH]c3c(OC)c(C)ccc3c2c1OC. The van der Waals surface area contributed by atoms with Crippen LogP contribution >= 0.6 is 0 Å². The predicted octanol–water partition coefficient (Wildman–Crippen LogP) is 3.66. The molecular formula is C17H19NO4. The van der Waals surface area contributed by atoms with Gasteiger partial charge in [0.2, 0.25) is 0 Å². The first-order valence-corrected chi connectivity index (χ1v) is 6.94. The van der Waals surface area contributed by atoms with Crippen LogP contribution in [0.25, 0.3) is 21.8 Å². The lowest BCUT2D eigenvalue weighted by Crippen LogP contribution is -1.93. The number of aryl methyl sites for hydroxylation is 1. The van der Waals surface area contributed by atoms with Crippen LogP contribution in [0.2, 0.25) is 0 Å². The zero-order valence-electron chi connectivity index (χ0n) is 13.4. The van der Waals surface area contributed by atoms with Gasteiger partial charge in [-0.2, -0.15) is 0 Å². The number of aromatic nitrogens is 1. The molecule has 0 atom stereocenters. The van der Waals surface area contributed by atoms with E-state index in [0.29, 0.717) is 17.2 Å². The van der Waals surface area contributed by atoms with Gasteiger partial charge in [0, 0.05) is 11.5 Å². The number of nitrogens with one attached hydrogen (secondary N) is 1. The molecule has 1 N–H and O–H groups in total. The van der Waals surface area contributed by atoms with Gasteiger partial charge in [-0.05, 0) is 12.5 Å². The number of fused-ring (bicyclic) bond motifs is 3. The third-order valence-electron chi connectivity index (χ3n) is 3.93. The lowest BCUT2D eigenvalue weighted by atomic mass is 10.1. The molecule has 0 radical (unpaired) electrons. The summed E-state index contributed by atoms with van der Waals surface area (Å²) in [6.45, 7) is 2.01. The number of methoxy groups -OCH3 is 4. The van der Waals surface area contributed by atoms with Gasteiger partial charge in [-0.25, -0.2) is 0 Å². The Morgan fingerprint density at radius 2 is 1.45 bits per heavy atom. The van der Waals surface area contributed by atoms with Gasteiger partial charge >= 0.3 is 0 Å². The lowest BCUT2D eigenvalue weighted by molar-refractivity contribution is 0.354. The van der Waals surface area contributed by atoms with E-state index >= 15 is 0 Å². The number of hydrogen-bond donors (Lipinski definition) is 1. The van der Waals surface area contributed by atoms with Crippen molar-refractivity contribution in [3.8, 4) is 23.0 Å². The van der Waals surface area contributed by atoms with Crippen LogP contribution in [0.3, 0.4) is 0 Å². The third-order valence-corrected chi connectivity index (χ3v) is 3.93. The topological polar surface area (TPSA) is 52.7 Å². The molecule has 0 unspecified atom stereocenters. The number of ether oxygens (including phenoxy) is 4. The Morgan fingerprint density at radius 3 is 2.05 bits per heavy atom. The van der Waals surface area contributed by atoms with Crippen LogP contribution in [0.4, 0.5) is 0 Å². The molecule has 1 heterocycles. The number of rotatable bonds is 4. The molecule has 0 spiro atoms. The van der Waals surface area contributed by atoms with Gasteiger partial charge in [-0.1, -0.05) is 12.1 Å². The van der Waals surface area contributed by atoms with E-state index in [4.69, 9.17) is 18.9 Å². The predicted molar refractivity (Wildman–Crippen MR) is 86.7 cm³/mol. The monoisotopic (exact) mass is 301 g/mol. The molecule has 0 aliphatic heterocycles. The maximum absolute atomic E-state index is 5.58. The van der Waals surface area contributed by atoms with Crippen LogP contribution in [0.1, 0.15) is 5.56 Å². The van der Waals surface area contributed by atoms with E-state index in [1.54, 1.807) is 28.4 Å². The highest BCUT2D eigenvalue weighted by Crippen LogP contribution is 2.46. The van der Waals surface area contributed by atoms with E-state index in [9.17, 15) is 0 Å². The summed E-state index contributed by atoms with van der Waals surface area (Å²) in [6, 6.07) is 5.89. The van der Waals surface area contributed by atoms with Crippen molar-refractivity contribution in [1.29, 1.82) is 0 Å². The van der Waals surface area contributed by atoms with Crippen molar-refractivity contribution in [2.45, 2.75) is 6.92 Å². The third kappa shape index (κ3) is 1.85.